The van der Waals surface area contributed by atoms with Crippen LogP contribution in [0.4, 0.5) is 5.69 Å². The first-order chi connectivity index (χ1) is 18.4. The molecule has 1 saturated heterocycles. The van der Waals surface area contributed by atoms with Gasteiger partial charge in [0.05, 0.1) is 32.8 Å². The van der Waals surface area contributed by atoms with Gasteiger partial charge >= 0.3 is 5.97 Å². The van der Waals surface area contributed by atoms with Crippen LogP contribution in [0.1, 0.15) is 39.0 Å². The maximum atomic E-state index is 13.3. The third kappa shape index (κ3) is 3.71. The fraction of sp³-hybridized carbons (Fsp3) is 0.286. The Morgan fingerprint density at radius 1 is 1.00 bits per heavy atom. The van der Waals surface area contributed by atoms with Gasteiger partial charge in [0.25, 0.3) is 5.91 Å². The molecular weight excluding hydrogens is 492 g/mol. The first-order valence-corrected chi connectivity index (χ1v) is 12.1. The van der Waals surface area contributed by atoms with Crippen LogP contribution >= 0.6 is 0 Å². The normalized spacial score (nSPS) is 22.7. The average Bonchev–Trinajstić information content (AvgIpc) is 3.54. The molecule has 4 atom stereocenters. The minimum Gasteiger partial charge on any atom is -0.502 e. The highest BCUT2D eigenvalue weighted by Gasteiger charge is 2.53. The first-order valence-electron chi connectivity index (χ1n) is 12.1. The Labute approximate surface area is 218 Å². The monoisotopic (exact) mass is 518 g/mol. The Bertz CT molecular complexity index is 1430. The molecule has 0 spiro atoms. The Kier molecular flexibility index (Phi) is 5.67. The number of methoxy groups -OCH3 is 2. The predicted octanol–water partition coefficient (Wildman–Crippen LogP) is 3.13. The van der Waals surface area contributed by atoms with Gasteiger partial charge in [-0.3, -0.25) is 9.59 Å². The van der Waals surface area contributed by atoms with Crippen molar-refractivity contribution in [2.45, 2.75) is 12.0 Å². The number of carbonyl (C=O) groups is 2. The fourth-order valence-electron chi connectivity index (χ4n) is 5.75. The number of fused-ring (bicyclic) bond motifs is 3. The number of cyclic esters (lactones) is 1. The maximum absolute atomic E-state index is 13.3. The molecule has 0 aromatic heterocycles. The molecule has 1 aliphatic carbocycles. The second kappa shape index (κ2) is 9.05. The molecule has 38 heavy (non-hydrogen) atoms. The molecule has 6 rings (SSSR count). The van der Waals surface area contributed by atoms with Gasteiger partial charge in [-0.05, 0) is 59.2 Å². The predicted molar refractivity (Wildman–Crippen MR) is 135 cm³/mol. The molecule has 10 nitrogen and oxygen atoms in total. The molecule has 2 heterocycles. The number of hydrogen-bond donors (Lipinski definition) is 3. The molecule has 1 fully saturated rings. The van der Waals surface area contributed by atoms with Crippen molar-refractivity contribution in [1.82, 2.24) is 5.32 Å². The van der Waals surface area contributed by atoms with Crippen LogP contribution in [0.25, 0.3) is 0 Å². The van der Waals surface area contributed by atoms with Gasteiger partial charge < -0.3 is 39.8 Å². The number of nitrogens with one attached hydrogen (secondary N) is 1. The molecule has 0 bridgehead atoms. The lowest BCUT2D eigenvalue weighted by Crippen LogP contribution is -2.42. The highest BCUT2D eigenvalue weighted by atomic mass is 16.7. The van der Waals surface area contributed by atoms with E-state index in [1.807, 2.05) is 12.1 Å². The third-order valence-corrected chi connectivity index (χ3v) is 7.48. The smallest absolute Gasteiger partial charge is 0.310 e. The Morgan fingerprint density at radius 3 is 2.34 bits per heavy atom. The van der Waals surface area contributed by atoms with E-state index < -0.39 is 17.9 Å². The van der Waals surface area contributed by atoms with E-state index >= 15 is 0 Å². The number of aromatic hydroxyl groups is 1. The number of hydrogen-bond acceptors (Lipinski definition) is 9. The summed E-state index contributed by atoms with van der Waals surface area (Å²) in [6.07, 6.45) is 0. The first kappa shape index (κ1) is 23.8. The van der Waals surface area contributed by atoms with Gasteiger partial charge in [-0.25, -0.2) is 0 Å². The van der Waals surface area contributed by atoms with Crippen molar-refractivity contribution in [3.05, 3.63) is 70.8 Å². The second-order valence-electron chi connectivity index (χ2n) is 9.48. The summed E-state index contributed by atoms with van der Waals surface area (Å²) < 4.78 is 27.7. The molecule has 1 amide bonds. The van der Waals surface area contributed by atoms with E-state index in [0.717, 1.165) is 11.1 Å². The minimum atomic E-state index is -0.632. The number of phenolic OH excluding ortho intramolecular Hbond substituents is 1. The maximum Gasteiger partial charge on any atom is 0.310 e. The molecule has 3 aliphatic rings. The topological polar surface area (TPSA) is 139 Å². The molecule has 0 saturated carbocycles. The summed E-state index contributed by atoms with van der Waals surface area (Å²) >= 11 is 0. The number of amides is 1. The van der Waals surface area contributed by atoms with Crippen LogP contribution in [0.15, 0.2) is 48.5 Å². The number of anilines is 1. The minimum absolute atomic E-state index is 0.0684. The molecule has 0 unspecified atom stereocenters. The van der Waals surface area contributed by atoms with Crippen LogP contribution in [0, 0.1) is 11.8 Å². The zero-order chi connectivity index (χ0) is 26.6. The summed E-state index contributed by atoms with van der Waals surface area (Å²) in [5.74, 6) is -0.838. The van der Waals surface area contributed by atoms with Gasteiger partial charge in [0.2, 0.25) is 12.5 Å². The van der Waals surface area contributed by atoms with Crippen molar-refractivity contribution in [3.8, 4) is 28.7 Å². The average molecular weight is 519 g/mol. The van der Waals surface area contributed by atoms with Crippen molar-refractivity contribution in [2.75, 3.05) is 33.4 Å². The fourth-order valence-corrected chi connectivity index (χ4v) is 5.75. The highest BCUT2D eigenvalue weighted by Crippen LogP contribution is 2.55. The Hall–Kier alpha value is -4.60. The summed E-state index contributed by atoms with van der Waals surface area (Å²) in [6.45, 7) is 0.196. The SMILES string of the molecule is COc1cc([C@@H]2c3cc4c(cc3[C@@H](NC(=O)c3cccc(N)c3)[C@H]3COC(=O)[C@H]23)OCO4)cc(OC)c1O. The van der Waals surface area contributed by atoms with Crippen molar-refractivity contribution < 1.29 is 38.4 Å². The molecule has 4 N–H and O–H groups in total. The molecule has 3 aromatic rings. The van der Waals surface area contributed by atoms with E-state index in [4.69, 9.17) is 29.4 Å². The molecule has 196 valence electrons. The zero-order valence-corrected chi connectivity index (χ0v) is 20.7. The van der Waals surface area contributed by atoms with E-state index in [1.54, 1.807) is 36.4 Å². The van der Waals surface area contributed by atoms with Crippen LogP contribution < -0.4 is 30.0 Å². The zero-order valence-electron chi connectivity index (χ0n) is 20.7. The van der Waals surface area contributed by atoms with Crippen molar-refractivity contribution >= 4 is 17.6 Å². The number of esters is 1. The lowest BCUT2D eigenvalue weighted by molar-refractivity contribution is -0.141. The van der Waals surface area contributed by atoms with Gasteiger partial charge in [0, 0.05) is 23.1 Å². The molecule has 3 aromatic carbocycles. The molecule has 10 heteroatoms. The number of nitrogens with two attached hydrogens (primary N) is 1. The number of nitrogen functional groups attached to an aromatic ring is 1. The van der Waals surface area contributed by atoms with E-state index in [2.05, 4.69) is 5.32 Å². The number of benzene rings is 3. The summed E-state index contributed by atoms with van der Waals surface area (Å²) in [5.41, 5.74) is 9.01. The molecular formula is C28H26N2O8. The quantitative estimate of drug-likeness (QED) is 0.343. The number of ether oxygens (including phenoxy) is 5. The lowest BCUT2D eigenvalue weighted by Gasteiger charge is -2.39. The second-order valence-corrected chi connectivity index (χ2v) is 9.48. The van der Waals surface area contributed by atoms with Gasteiger partial charge in [-0.2, -0.15) is 0 Å². The summed E-state index contributed by atoms with van der Waals surface area (Å²) in [5, 5.41) is 13.6. The van der Waals surface area contributed by atoms with Gasteiger partial charge in [0.15, 0.2) is 23.0 Å². The van der Waals surface area contributed by atoms with Crippen molar-refractivity contribution in [3.63, 3.8) is 0 Å². The van der Waals surface area contributed by atoms with Crippen LogP contribution in [0.2, 0.25) is 0 Å². The molecule has 2 aliphatic heterocycles. The Morgan fingerprint density at radius 2 is 1.68 bits per heavy atom. The largest absolute Gasteiger partial charge is 0.502 e. The summed E-state index contributed by atoms with van der Waals surface area (Å²) in [6, 6.07) is 13.2. The van der Waals surface area contributed by atoms with E-state index in [9.17, 15) is 14.7 Å². The summed E-state index contributed by atoms with van der Waals surface area (Å²) in [4.78, 5) is 26.6. The van der Waals surface area contributed by atoms with E-state index in [0.29, 0.717) is 28.3 Å². The lowest BCUT2D eigenvalue weighted by atomic mass is 9.65. The number of carbonyl (C=O) groups excluding carboxylic acids is 2. The van der Waals surface area contributed by atoms with Gasteiger partial charge in [-0.1, -0.05) is 6.07 Å². The number of rotatable bonds is 5. The molecule has 0 radical (unpaired) electrons. The van der Waals surface area contributed by atoms with Gasteiger partial charge in [0.1, 0.15) is 0 Å². The van der Waals surface area contributed by atoms with Gasteiger partial charge in [-0.15, -0.1) is 0 Å². The highest BCUT2D eigenvalue weighted by molar-refractivity contribution is 5.95. The van der Waals surface area contributed by atoms with Crippen molar-refractivity contribution in [1.29, 1.82) is 0 Å². The standard InChI is InChI=1S/C28H26N2O8/c1-34-21-7-14(8-22(35-2)26(21)31)23-16-9-19-20(38-12-37-19)10-17(16)25(18-11-36-28(33)24(18)23)30-27(32)13-4-3-5-15(29)6-13/h3-10,18,23-25,31H,11-12,29H2,1-2H3,(H,30,32)/t18-,23+,24-,25+/m0/s1. The van der Waals surface area contributed by atoms with Crippen LogP contribution in [-0.4, -0.2) is 44.6 Å². The Balaban J connectivity index is 1.52. The summed E-state index contributed by atoms with van der Waals surface area (Å²) in [7, 11) is 2.89. The van der Waals surface area contributed by atoms with Crippen molar-refractivity contribution in [2.24, 2.45) is 11.8 Å². The van der Waals surface area contributed by atoms with Crippen LogP contribution in [0.3, 0.4) is 0 Å². The van der Waals surface area contributed by atoms with E-state index in [-0.39, 0.29) is 48.4 Å². The third-order valence-electron chi connectivity index (χ3n) is 7.48. The number of phenols is 1. The van der Waals surface area contributed by atoms with Crippen LogP contribution in [-0.2, 0) is 9.53 Å². The van der Waals surface area contributed by atoms with E-state index in [1.165, 1.54) is 14.2 Å². The van der Waals surface area contributed by atoms with Crippen LogP contribution in [0.5, 0.6) is 28.7 Å².